The fraction of sp³-hybridized carbons (Fsp3) is 0.111. The summed E-state index contributed by atoms with van der Waals surface area (Å²) in [4.78, 5) is 0.246. The van der Waals surface area contributed by atoms with Gasteiger partial charge >= 0.3 is 0 Å². The van der Waals surface area contributed by atoms with Gasteiger partial charge in [0.2, 0.25) is 10.0 Å². The van der Waals surface area contributed by atoms with Gasteiger partial charge in [0.05, 0.1) is 4.90 Å². The van der Waals surface area contributed by atoms with Gasteiger partial charge in [-0.05, 0) is 30.2 Å². The summed E-state index contributed by atoms with van der Waals surface area (Å²) in [6.07, 6.45) is 0. The topological polar surface area (TPSA) is 72.2 Å². The second-order valence-electron chi connectivity index (χ2n) is 5.45. The number of nitrogens with one attached hydrogen (secondary N) is 1. The maximum absolute atomic E-state index is 12.7. The zero-order valence-electron chi connectivity index (χ0n) is 13.2. The molecule has 0 spiro atoms. The summed E-state index contributed by atoms with van der Waals surface area (Å²) in [6, 6.07) is 18.1. The molecule has 0 saturated carbocycles. The Balaban J connectivity index is 0.00000208. The molecule has 0 unspecified atom stereocenters. The fourth-order valence-corrected chi connectivity index (χ4v) is 3.82. The third-order valence-corrected chi connectivity index (χ3v) is 5.38. The molecule has 0 heterocycles. The maximum Gasteiger partial charge on any atom is 0.241 e. The Kier molecular flexibility index (Phi) is 5.49. The molecule has 126 valence electrons. The smallest absolute Gasteiger partial charge is 0.241 e. The Morgan fingerprint density at radius 1 is 0.917 bits per heavy atom. The van der Waals surface area contributed by atoms with E-state index in [9.17, 15) is 8.42 Å². The van der Waals surface area contributed by atoms with Crippen molar-refractivity contribution < 1.29 is 8.42 Å². The molecule has 0 radical (unpaired) electrons. The first kappa shape index (κ1) is 18.3. The van der Waals surface area contributed by atoms with Crippen LogP contribution in [-0.2, 0) is 16.6 Å². The van der Waals surface area contributed by atoms with Crippen molar-refractivity contribution in [3.63, 3.8) is 0 Å². The molecule has 24 heavy (non-hydrogen) atoms. The largest absolute Gasteiger partial charge is 0.398 e. The van der Waals surface area contributed by atoms with E-state index in [1.165, 1.54) is 0 Å². The van der Waals surface area contributed by atoms with Gasteiger partial charge in [0.1, 0.15) is 0 Å². The van der Waals surface area contributed by atoms with Crippen LogP contribution in [0.3, 0.4) is 0 Å². The molecule has 0 aliphatic carbocycles. The number of sulfonamides is 1. The van der Waals surface area contributed by atoms with Crippen LogP contribution in [0.2, 0.25) is 0 Å². The number of anilines is 1. The standard InChI is InChI=1S/C18H18N2O2S.ClH/c1-13-6-2-3-7-14(13)12-20-23(21,22)18-11-5-8-15-16(18)9-4-10-17(15)19;/h2-11,20H,12,19H2,1H3;1H. The van der Waals surface area contributed by atoms with Crippen molar-refractivity contribution in [2.75, 3.05) is 5.73 Å². The highest BCUT2D eigenvalue weighted by molar-refractivity contribution is 7.89. The minimum absolute atomic E-state index is 0. The van der Waals surface area contributed by atoms with Gasteiger partial charge in [0.15, 0.2) is 0 Å². The molecule has 0 fully saturated rings. The zero-order chi connectivity index (χ0) is 16.4. The third kappa shape index (κ3) is 3.53. The second-order valence-corrected chi connectivity index (χ2v) is 7.18. The number of hydrogen-bond donors (Lipinski definition) is 2. The van der Waals surface area contributed by atoms with Gasteiger partial charge in [-0.2, -0.15) is 0 Å². The van der Waals surface area contributed by atoms with Crippen molar-refractivity contribution in [2.24, 2.45) is 0 Å². The first-order valence-electron chi connectivity index (χ1n) is 7.30. The van der Waals surface area contributed by atoms with E-state index in [2.05, 4.69) is 4.72 Å². The molecule has 0 aliphatic rings. The number of nitrogen functional groups attached to an aromatic ring is 1. The quantitative estimate of drug-likeness (QED) is 0.696. The minimum atomic E-state index is -3.62. The van der Waals surface area contributed by atoms with Gasteiger partial charge in [0.25, 0.3) is 0 Å². The van der Waals surface area contributed by atoms with Crippen LogP contribution in [0.1, 0.15) is 11.1 Å². The Morgan fingerprint density at radius 3 is 2.33 bits per heavy atom. The molecule has 4 nitrogen and oxygen atoms in total. The van der Waals surface area contributed by atoms with Crippen molar-refractivity contribution >= 4 is 38.9 Å². The van der Waals surface area contributed by atoms with Gasteiger partial charge in [0, 0.05) is 23.0 Å². The van der Waals surface area contributed by atoms with Gasteiger partial charge in [-0.15, -0.1) is 12.4 Å². The number of benzene rings is 3. The predicted octanol–water partition coefficient (Wildman–Crippen LogP) is 3.63. The first-order valence-corrected chi connectivity index (χ1v) is 8.79. The molecule has 0 amide bonds. The van der Waals surface area contributed by atoms with Crippen molar-refractivity contribution in [3.05, 3.63) is 71.8 Å². The lowest BCUT2D eigenvalue weighted by Gasteiger charge is -2.11. The number of nitrogens with two attached hydrogens (primary N) is 1. The van der Waals surface area contributed by atoms with E-state index in [-0.39, 0.29) is 23.8 Å². The van der Waals surface area contributed by atoms with Gasteiger partial charge in [-0.25, -0.2) is 13.1 Å². The van der Waals surface area contributed by atoms with Crippen molar-refractivity contribution in [1.82, 2.24) is 4.72 Å². The number of fused-ring (bicyclic) bond motifs is 1. The highest BCUT2D eigenvalue weighted by Gasteiger charge is 2.17. The number of hydrogen-bond acceptors (Lipinski definition) is 3. The van der Waals surface area contributed by atoms with Gasteiger partial charge in [-0.1, -0.05) is 48.5 Å². The Morgan fingerprint density at radius 2 is 1.58 bits per heavy atom. The van der Waals surface area contributed by atoms with Crippen LogP contribution < -0.4 is 10.5 Å². The predicted molar refractivity (Wildman–Crippen MR) is 101 cm³/mol. The molecule has 6 heteroatoms. The molecule has 0 aromatic heterocycles. The van der Waals surface area contributed by atoms with E-state index in [4.69, 9.17) is 5.73 Å². The lowest BCUT2D eigenvalue weighted by molar-refractivity contribution is 0.582. The monoisotopic (exact) mass is 362 g/mol. The van der Waals surface area contributed by atoms with E-state index >= 15 is 0 Å². The summed E-state index contributed by atoms with van der Waals surface area (Å²) in [7, 11) is -3.62. The summed E-state index contributed by atoms with van der Waals surface area (Å²) in [6.45, 7) is 2.22. The van der Waals surface area contributed by atoms with Gasteiger partial charge in [-0.3, -0.25) is 0 Å². The lowest BCUT2D eigenvalue weighted by atomic mass is 10.1. The molecular formula is C18H19ClN2O2S. The SMILES string of the molecule is Cc1ccccc1CNS(=O)(=O)c1cccc2c(N)cccc12.Cl. The maximum atomic E-state index is 12.7. The lowest BCUT2D eigenvalue weighted by Crippen LogP contribution is -2.23. The normalized spacial score (nSPS) is 11.2. The first-order chi connectivity index (χ1) is 11.0. The highest BCUT2D eigenvalue weighted by atomic mass is 35.5. The molecule has 0 bridgehead atoms. The van der Waals surface area contributed by atoms with Crippen LogP contribution in [-0.4, -0.2) is 8.42 Å². The number of aryl methyl sites for hydroxylation is 1. The van der Waals surface area contributed by atoms with Crippen LogP contribution in [0.5, 0.6) is 0 Å². The van der Waals surface area contributed by atoms with Crippen LogP contribution >= 0.6 is 12.4 Å². The van der Waals surface area contributed by atoms with E-state index in [0.29, 0.717) is 11.1 Å². The van der Waals surface area contributed by atoms with Crippen LogP contribution in [0.4, 0.5) is 5.69 Å². The number of rotatable bonds is 4. The summed E-state index contributed by atoms with van der Waals surface area (Å²) in [5.41, 5.74) is 8.51. The van der Waals surface area contributed by atoms with Gasteiger partial charge < -0.3 is 5.73 Å². The molecular weight excluding hydrogens is 344 g/mol. The number of halogens is 1. The molecule has 0 aliphatic heterocycles. The van der Waals surface area contributed by atoms with Crippen molar-refractivity contribution in [1.29, 1.82) is 0 Å². The Labute approximate surface area is 148 Å². The molecule has 3 N–H and O–H groups in total. The van der Waals surface area contributed by atoms with Crippen molar-refractivity contribution in [3.8, 4) is 0 Å². The zero-order valence-corrected chi connectivity index (χ0v) is 14.8. The Bertz CT molecular complexity index is 972. The van der Waals surface area contributed by atoms with Crippen LogP contribution in [0.25, 0.3) is 10.8 Å². The molecule has 3 aromatic rings. The third-order valence-electron chi connectivity index (χ3n) is 3.92. The van der Waals surface area contributed by atoms with E-state index in [1.807, 2.05) is 37.3 Å². The molecule has 0 saturated heterocycles. The summed E-state index contributed by atoms with van der Waals surface area (Å²) in [5, 5.41) is 1.37. The van der Waals surface area contributed by atoms with E-state index < -0.39 is 10.0 Å². The average Bonchev–Trinajstić information content (AvgIpc) is 2.54. The molecule has 3 rings (SSSR count). The fourth-order valence-electron chi connectivity index (χ4n) is 2.60. The van der Waals surface area contributed by atoms with Crippen LogP contribution in [0.15, 0.2) is 65.6 Å². The Hall–Kier alpha value is -2.08. The average molecular weight is 363 g/mol. The molecule has 0 atom stereocenters. The molecule has 3 aromatic carbocycles. The van der Waals surface area contributed by atoms with E-state index in [0.717, 1.165) is 16.5 Å². The van der Waals surface area contributed by atoms with Crippen LogP contribution in [0, 0.1) is 6.92 Å². The highest BCUT2D eigenvalue weighted by Crippen LogP contribution is 2.27. The van der Waals surface area contributed by atoms with E-state index in [1.54, 1.807) is 30.3 Å². The minimum Gasteiger partial charge on any atom is -0.398 e. The second kappa shape index (κ2) is 7.21. The summed E-state index contributed by atoms with van der Waals surface area (Å²) >= 11 is 0. The summed E-state index contributed by atoms with van der Waals surface area (Å²) in [5.74, 6) is 0. The summed E-state index contributed by atoms with van der Waals surface area (Å²) < 4.78 is 28.1. The van der Waals surface area contributed by atoms with Crippen molar-refractivity contribution in [2.45, 2.75) is 18.4 Å².